The lowest BCUT2D eigenvalue weighted by molar-refractivity contribution is -0.114. The highest BCUT2D eigenvalue weighted by molar-refractivity contribution is 5.91. The van der Waals surface area contributed by atoms with Crippen LogP contribution in [-0.4, -0.2) is 15.6 Å². The molecule has 0 saturated heterocycles. The Morgan fingerprint density at radius 3 is 2.78 bits per heavy atom. The minimum atomic E-state index is 0.142. The summed E-state index contributed by atoms with van der Waals surface area (Å²) in [5.74, 6) is 0.142. The minimum absolute atomic E-state index is 0.142. The van der Waals surface area contributed by atoms with Gasteiger partial charge in [0, 0.05) is 6.20 Å². The van der Waals surface area contributed by atoms with Gasteiger partial charge in [-0.25, -0.2) is 0 Å². The van der Waals surface area contributed by atoms with Crippen LogP contribution in [0.25, 0.3) is 0 Å². The first kappa shape index (κ1) is 13.1. The molecule has 2 rings (SSSR count). The van der Waals surface area contributed by atoms with E-state index in [0.717, 1.165) is 11.3 Å². The highest BCUT2D eigenvalue weighted by atomic mass is 16.1. The molecule has 0 radical (unpaired) electrons. The fourth-order valence-electron chi connectivity index (χ4n) is 2.57. The molecule has 98 valence electrons. The van der Waals surface area contributed by atoms with Gasteiger partial charge < -0.3 is 0 Å². The van der Waals surface area contributed by atoms with Crippen molar-refractivity contribution in [3.05, 3.63) is 29.6 Å². The summed E-state index contributed by atoms with van der Waals surface area (Å²) < 4.78 is 2.06. The second-order valence-corrected chi connectivity index (χ2v) is 5.44. The number of nitrogens with zero attached hydrogens (tertiary/aromatic N) is 2. The van der Waals surface area contributed by atoms with Crippen molar-refractivity contribution in [2.75, 3.05) is 0 Å². The number of carbonyl (C=O) groups is 1. The van der Waals surface area contributed by atoms with Gasteiger partial charge in [-0.15, -0.1) is 0 Å². The van der Waals surface area contributed by atoms with E-state index in [2.05, 4.69) is 9.78 Å². The van der Waals surface area contributed by atoms with Crippen LogP contribution in [0.1, 0.15) is 57.7 Å². The average Bonchev–Trinajstić information content (AvgIpc) is 2.77. The zero-order valence-electron chi connectivity index (χ0n) is 11.4. The van der Waals surface area contributed by atoms with Gasteiger partial charge in [0.05, 0.1) is 18.2 Å². The van der Waals surface area contributed by atoms with Crippen LogP contribution in [0.15, 0.2) is 23.9 Å². The summed E-state index contributed by atoms with van der Waals surface area (Å²) >= 11 is 0. The predicted octanol–water partition coefficient (Wildman–Crippen LogP) is 3.47. The zero-order chi connectivity index (χ0) is 13.0. The van der Waals surface area contributed by atoms with Gasteiger partial charge in [0.25, 0.3) is 0 Å². The van der Waals surface area contributed by atoms with Crippen LogP contribution in [0.3, 0.4) is 0 Å². The molecule has 1 fully saturated rings. The van der Waals surface area contributed by atoms with Gasteiger partial charge >= 0.3 is 0 Å². The third-order valence-corrected chi connectivity index (χ3v) is 3.42. The van der Waals surface area contributed by atoms with Crippen molar-refractivity contribution in [3.8, 4) is 0 Å². The van der Waals surface area contributed by atoms with E-state index >= 15 is 0 Å². The number of allylic oxidation sites excluding steroid dienone is 2. The van der Waals surface area contributed by atoms with Crippen LogP contribution < -0.4 is 0 Å². The van der Waals surface area contributed by atoms with Crippen molar-refractivity contribution < 1.29 is 4.79 Å². The molecular weight excluding hydrogens is 224 g/mol. The van der Waals surface area contributed by atoms with Crippen molar-refractivity contribution >= 4 is 5.78 Å². The molecule has 0 bridgehead atoms. The average molecular weight is 246 g/mol. The van der Waals surface area contributed by atoms with Gasteiger partial charge in [-0.3, -0.25) is 9.48 Å². The first-order chi connectivity index (χ1) is 8.65. The molecule has 0 aliphatic heterocycles. The molecule has 0 spiro atoms. The second kappa shape index (κ2) is 5.98. The summed E-state index contributed by atoms with van der Waals surface area (Å²) in [6.07, 6.45) is 10.6. The summed E-state index contributed by atoms with van der Waals surface area (Å²) in [4.78, 5) is 11.7. The molecule has 3 heteroatoms. The van der Waals surface area contributed by atoms with E-state index < -0.39 is 0 Å². The Morgan fingerprint density at radius 2 is 2.11 bits per heavy atom. The van der Waals surface area contributed by atoms with E-state index in [1.165, 1.54) is 32.1 Å². The quantitative estimate of drug-likeness (QED) is 0.762. The third kappa shape index (κ3) is 3.56. The monoisotopic (exact) mass is 246 g/mol. The summed E-state index contributed by atoms with van der Waals surface area (Å²) in [5, 5.41) is 4.55. The highest BCUT2D eigenvalue weighted by Gasteiger charge is 2.16. The van der Waals surface area contributed by atoms with Crippen molar-refractivity contribution in [2.45, 2.75) is 58.4 Å². The Hall–Kier alpha value is -1.38. The van der Waals surface area contributed by atoms with Crippen LogP contribution in [0.4, 0.5) is 0 Å². The Labute approximate surface area is 109 Å². The minimum Gasteiger partial charge on any atom is -0.294 e. The van der Waals surface area contributed by atoms with Gasteiger partial charge in [-0.2, -0.15) is 5.10 Å². The van der Waals surface area contributed by atoms with Crippen molar-refractivity contribution in [3.63, 3.8) is 0 Å². The van der Waals surface area contributed by atoms with Crippen molar-refractivity contribution in [2.24, 2.45) is 0 Å². The normalized spacial score (nSPS) is 16.6. The van der Waals surface area contributed by atoms with E-state index in [1.54, 1.807) is 6.08 Å². The van der Waals surface area contributed by atoms with Crippen LogP contribution in [0, 0.1) is 0 Å². The first-order valence-corrected chi connectivity index (χ1v) is 6.87. The zero-order valence-corrected chi connectivity index (χ0v) is 11.4. The molecule has 0 unspecified atom stereocenters. The van der Waals surface area contributed by atoms with Gasteiger partial charge in [0.15, 0.2) is 5.78 Å². The van der Waals surface area contributed by atoms with Gasteiger partial charge in [-0.1, -0.05) is 24.8 Å². The van der Waals surface area contributed by atoms with Crippen LogP contribution >= 0.6 is 0 Å². The summed E-state index contributed by atoms with van der Waals surface area (Å²) in [7, 11) is 0. The Kier molecular flexibility index (Phi) is 4.34. The number of ketones is 1. The standard InChI is InChI=1S/C15H22N2O/c1-12(2)10-15(18)11-13-8-9-17(16-13)14-6-4-3-5-7-14/h8-10,14H,3-7,11H2,1-2H3. The molecule has 1 saturated carbocycles. The SMILES string of the molecule is CC(C)=CC(=O)Cc1ccn(C2CCCCC2)n1. The number of hydrogen-bond acceptors (Lipinski definition) is 2. The molecular formula is C15H22N2O. The lowest BCUT2D eigenvalue weighted by Crippen LogP contribution is -2.13. The fraction of sp³-hybridized carbons (Fsp3) is 0.600. The molecule has 0 atom stereocenters. The number of rotatable bonds is 4. The van der Waals surface area contributed by atoms with Crippen LogP contribution in [-0.2, 0) is 11.2 Å². The number of hydrogen-bond donors (Lipinski definition) is 0. The molecule has 0 N–H and O–H groups in total. The predicted molar refractivity (Wildman–Crippen MR) is 72.5 cm³/mol. The van der Waals surface area contributed by atoms with E-state index in [-0.39, 0.29) is 5.78 Å². The van der Waals surface area contributed by atoms with E-state index in [0.29, 0.717) is 12.5 Å². The summed E-state index contributed by atoms with van der Waals surface area (Å²) in [5.41, 5.74) is 1.94. The van der Waals surface area contributed by atoms with Gasteiger partial charge in [0.1, 0.15) is 0 Å². The third-order valence-electron chi connectivity index (χ3n) is 3.42. The maximum Gasteiger partial charge on any atom is 0.161 e. The Bertz CT molecular complexity index is 435. The van der Waals surface area contributed by atoms with E-state index in [1.807, 2.05) is 26.1 Å². The van der Waals surface area contributed by atoms with Crippen LogP contribution in [0.5, 0.6) is 0 Å². The van der Waals surface area contributed by atoms with Gasteiger partial charge in [0.2, 0.25) is 0 Å². The Morgan fingerprint density at radius 1 is 1.39 bits per heavy atom. The largest absolute Gasteiger partial charge is 0.294 e. The molecule has 1 aromatic rings. The lowest BCUT2D eigenvalue weighted by atomic mass is 9.96. The smallest absolute Gasteiger partial charge is 0.161 e. The molecule has 1 heterocycles. The number of aromatic nitrogens is 2. The van der Waals surface area contributed by atoms with Gasteiger partial charge in [-0.05, 0) is 38.8 Å². The molecule has 18 heavy (non-hydrogen) atoms. The number of carbonyl (C=O) groups excluding carboxylic acids is 1. The second-order valence-electron chi connectivity index (χ2n) is 5.44. The maximum absolute atomic E-state index is 11.7. The molecule has 3 nitrogen and oxygen atoms in total. The van der Waals surface area contributed by atoms with Crippen LogP contribution in [0.2, 0.25) is 0 Å². The molecule has 0 aromatic carbocycles. The van der Waals surface area contributed by atoms with Crippen molar-refractivity contribution in [1.29, 1.82) is 0 Å². The first-order valence-electron chi connectivity index (χ1n) is 6.87. The summed E-state index contributed by atoms with van der Waals surface area (Å²) in [6.45, 7) is 3.89. The highest BCUT2D eigenvalue weighted by Crippen LogP contribution is 2.27. The molecule has 1 aliphatic carbocycles. The molecule has 0 amide bonds. The fourth-order valence-corrected chi connectivity index (χ4v) is 2.57. The lowest BCUT2D eigenvalue weighted by Gasteiger charge is -2.21. The molecule has 1 aromatic heterocycles. The molecule has 1 aliphatic rings. The Balaban J connectivity index is 1.97. The van der Waals surface area contributed by atoms with E-state index in [9.17, 15) is 4.79 Å². The topological polar surface area (TPSA) is 34.9 Å². The summed E-state index contributed by atoms with van der Waals surface area (Å²) in [6, 6.07) is 2.52. The van der Waals surface area contributed by atoms with Crippen molar-refractivity contribution in [1.82, 2.24) is 9.78 Å². The maximum atomic E-state index is 11.7. The van der Waals surface area contributed by atoms with E-state index in [4.69, 9.17) is 0 Å².